The van der Waals surface area contributed by atoms with E-state index in [2.05, 4.69) is 10.3 Å². The monoisotopic (exact) mass is 429 g/mol. The van der Waals surface area contributed by atoms with Gasteiger partial charge in [0, 0.05) is 31.5 Å². The van der Waals surface area contributed by atoms with E-state index in [1.54, 1.807) is 30.3 Å². The zero-order chi connectivity index (χ0) is 22.0. The highest BCUT2D eigenvalue weighted by Gasteiger charge is 2.60. The molecular weight excluding hydrogens is 406 g/mol. The van der Waals surface area contributed by atoms with E-state index in [9.17, 15) is 19.5 Å². The molecule has 1 aliphatic heterocycles. The zero-order valence-corrected chi connectivity index (χ0v) is 16.9. The number of rotatable bonds is 6. The van der Waals surface area contributed by atoms with Crippen LogP contribution in [0.5, 0.6) is 0 Å². The van der Waals surface area contributed by atoms with Gasteiger partial charge in [-0.3, -0.25) is 14.2 Å². The van der Waals surface area contributed by atoms with Crippen molar-refractivity contribution in [2.45, 2.75) is 50.4 Å². The third-order valence-electron chi connectivity index (χ3n) is 5.60. The number of benzene rings is 1. The van der Waals surface area contributed by atoms with Crippen molar-refractivity contribution in [1.82, 2.24) is 9.55 Å². The van der Waals surface area contributed by atoms with Gasteiger partial charge in [-0.25, -0.2) is 4.79 Å². The van der Waals surface area contributed by atoms with Crippen LogP contribution in [0.1, 0.15) is 30.1 Å². The molecule has 2 bridgehead atoms. The van der Waals surface area contributed by atoms with Crippen LogP contribution in [0.4, 0.5) is 5.82 Å². The second kappa shape index (κ2) is 8.58. The van der Waals surface area contributed by atoms with Crippen LogP contribution in [0.15, 0.2) is 47.4 Å². The fraction of sp³-hybridized carbons (Fsp3) is 0.429. The minimum absolute atomic E-state index is 0.109. The van der Waals surface area contributed by atoms with Crippen molar-refractivity contribution in [2.75, 3.05) is 11.9 Å². The number of aliphatic hydroxyl groups excluding tert-OH is 1. The molecule has 2 heterocycles. The Hall–Kier alpha value is -3.08. The van der Waals surface area contributed by atoms with Gasteiger partial charge in [0.2, 0.25) is 0 Å². The molecule has 2 aromatic rings. The number of esters is 1. The second-order valence-electron chi connectivity index (χ2n) is 7.55. The van der Waals surface area contributed by atoms with Crippen LogP contribution in [-0.4, -0.2) is 57.1 Å². The van der Waals surface area contributed by atoms with Crippen LogP contribution >= 0.6 is 0 Å². The number of nitrogens with zero attached hydrogens (tertiary/aromatic N) is 2. The lowest BCUT2D eigenvalue weighted by molar-refractivity contribution is -0.222. The fourth-order valence-corrected chi connectivity index (χ4v) is 4.05. The number of aliphatic hydroxyl groups is 1. The van der Waals surface area contributed by atoms with E-state index in [4.69, 9.17) is 14.2 Å². The number of anilines is 1. The first kappa shape index (κ1) is 21.2. The van der Waals surface area contributed by atoms with Gasteiger partial charge in [-0.2, -0.15) is 4.98 Å². The summed E-state index contributed by atoms with van der Waals surface area (Å²) in [7, 11) is 0. The van der Waals surface area contributed by atoms with E-state index in [0.29, 0.717) is 25.0 Å². The smallest absolute Gasteiger partial charge is 0.351 e. The van der Waals surface area contributed by atoms with E-state index in [1.807, 2.05) is 0 Å². The number of hydrogen-bond acceptors (Lipinski definition) is 8. The quantitative estimate of drug-likeness (QED) is 0.642. The molecule has 1 saturated carbocycles. The molecule has 10 nitrogen and oxygen atoms in total. The average molecular weight is 429 g/mol. The maximum absolute atomic E-state index is 12.4. The molecule has 0 spiro atoms. The predicted molar refractivity (Wildman–Crippen MR) is 107 cm³/mol. The summed E-state index contributed by atoms with van der Waals surface area (Å²) in [5.41, 5.74) is -1.35. The summed E-state index contributed by atoms with van der Waals surface area (Å²) in [6.45, 7) is 1.43. The maximum Gasteiger partial charge on any atom is 0.351 e. The van der Waals surface area contributed by atoms with Gasteiger partial charge in [0.15, 0.2) is 0 Å². The number of ether oxygens (including phenoxy) is 3. The highest BCUT2D eigenvalue weighted by Crippen LogP contribution is 2.44. The minimum Gasteiger partial charge on any atom is -0.459 e. The number of carbonyl (C=O) groups is 2. The highest BCUT2D eigenvalue weighted by atomic mass is 16.6. The molecule has 1 aliphatic carbocycles. The molecule has 10 heteroatoms. The lowest BCUT2D eigenvalue weighted by Crippen LogP contribution is -2.55. The van der Waals surface area contributed by atoms with E-state index in [1.165, 1.54) is 23.8 Å². The predicted octanol–water partition coefficient (Wildman–Crippen LogP) is 0.694. The van der Waals surface area contributed by atoms with Gasteiger partial charge in [-0.1, -0.05) is 18.2 Å². The zero-order valence-electron chi connectivity index (χ0n) is 16.9. The summed E-state index contributed by atoms with van der Waals surface area (Å²) < 4.78 is 18.1. The number of hydrogen-bond donors (Lipinski definition) is 2. The number of aromatic nitrogens is 2. The molecule has 164 valence electrons. The maximum atomic E-state index is 12.4. The molecule has 2 fully saturated rings. The van der Waals surface area contributed by atoms with Gasteiger partial charge in [-0.05, 0) is 18.2 Å². The van der Waals surface area contributed by atoms with Gasteiger partial charge in [-0.15, -0.1) is 0 Å². The number of nitrogens with one attached hydrogen (secondary N) is 1. The van der Waals surface area contributed by atoms with Crippen molar-refractivity contribution in [3.63, 3.8) is 0 Å². The Kier molecular flexibility index (Phi) is 5.86. The standard InChI is InChI=1S/C21H23N3O7/c1-13(25)31-16-11-15-18(26)21(16,8-10-29-15)30-12-24-9-7-17(23-20(24)28)22-19(27)14-5-3-2-4-6-14/h2-7,9,15-16,18,26H,8,10-12H2,1H3,(H,22,23,27,28)/t15-,16+,18+,21-/m0/s1. The largest absolute Gasteiger partial charge is 0.459 e. The Bertz CT molecular complexity index is 1030. The third-order valence-corrected chi connectivity index (χ3v) is 5.60. The molecule has 31 heavy (non-hydrogen) atoms. The SMILES string of the molecule is CC(=O)O[C@@H]1C[C@@H]2OCC[C@@]1(OCn1ccc(NC(=O)c3ccccc3)nc1=O)[C@@H]2O. The molecule has 1 saturated heterocycles. The fourth-order valence-electron chi connectivity index (χ4n) is 4.05. The van der Waals surface area contributed by atoms with Gasteiger partial charge >= 0.3 is 11.7 Å². The van der Waals surface area contributed by atoms with Crippen molar-refractivity contribution >= 4 is 17.7 Å². The topological polar surface area (TPSA) is 129 Å². The van der Waals surface area contributed by atoms with Gasteiger partial charge in [0.25, 0.3) is 5.91 Å². The summed E-state index contributed by atoms with van der Waals surface area (Å²) in [5, 5.41) is 13.2. The van der Waals surface area contributed by atoms with Gasteiger partial charge in [0.05, 0.1) is 12.7 Å². The molecule has 2 aliphatic rings. The first-order valence-electron chi connectivity index (χ1n) is 9.94. The molecule has 1 amide bonds. The summed E-state index contributed by atoms with van der Waals surface area (Å²) >= 11 is 0. The van der Waals surface area contributed by atoms with Crippen molar-refractivity contribution in [3.05, 3.63) is 58.6 Å². The summed E-state index contributed by atoms with van der Waals surface area (Å²) in [5.74, 6) is -0.755. The molecular formula is C21H23N3O7. The lowest BCUT2D eigenvalue weighted by Gasteiger charge is -2.40. The van der Waals surface area contributed by atoms with Crippen LogP contribution in [0.25, 0.3) is 0 Å². The Morgan fingerprint density at radius 3 is 2.81 bits per heavy atom. The first-order valence-corrected chi connectivity index (χ1v) is 9.94. The van der Waals surface area contributed by atoms with Crippen LogP contribution in [0.3, 0.4) is 0 Å². The van der Waals surface area contributed by atoms with Crippen molar-refractivity contribution in [2.24, 2.45) is 0 Å². The van der Waals surface area contributed by atoms with Crippen molar-refractivity contribution < 1.29 is 28.9 Å². The molecule has 4 atom stereocenters. The van der Waals surface area contributed by atoms with E-state index >= 15 is 0 Å². The van der Waals surface area contributed by atoms with Gasteiger partial charge in [0.1, 0.15) is 30.4 Å². The van der Waals surface area contributed by atoms with Gasteiger partial charge < -0.3 is 24.6 Å². The summed E-state index contributed by atoms with van der Waals surface area (Å²) in [4.78, 5) is 40.0. The van der Waals surface area contributed by atoms with Crippen LogP contribution in [0, 0.1) is 0 Å². The Labute approximate surface area is 177 Å². The molecule has 2 N–H and O–H groups in total. The summed E-state index contributed by atoms with van der Waals surface area (Å²) in [6, 6.07) is 10.0. The lowest BCUT2D eigenvalue weighted by atomic mass is 9.91. The molecule has 1 aromatic carbocycles. The second-order valence-corrected chi connectivity index (χ2v) is 7.55. The number of amides is 1. The normalized spacial score (nSPS) is 27.0. The van der Waals surface area contributed by atoms with Crippen molar-refractivity contribution in [1.29, 1.82) is 0 Å². The minimum atomic E-state index is -1.16. The van der Waals surface area contributed by atoms with E-state index in [0.717, 1.165) is 0 Å². The van der Waals surface area contributed by atoms with Crippen LogP contribution in [0.2, 0.25) is 0 Å². The first-order chi connectivity index (χ1) is 14.9. The number of fused-ring (bicyclic) bond motifs is 2. The van der Waals surface area contributed by atoms with Crippen LogP contribution in [-0.2, 0) is 25.7 Å². The van der Waals surface area contributed by atoms with Crippen LogP contribution < -0.4 is 11.0 Å². The molecule has 0 unspecified atom stereocenters. The Morgan fingerprint density at radius 2 is 2.10 bits per heavy atom. The third kappa shape index (κ3) is 4.22. The molecule has 4 rings (SSSR count). The Morgan fingerprint density at radius 1 is 1.32 bits per heavy atom. The van der Waals surface area contributed by atoms with Crippen molar-refractivity contribution in [3.8, 4) is 0 Å². The van der Waals surface area contributed by atoms with E-state index in [-0.39, 0.29) is 18.5 Å². The summed E-state index contributed by atoms with van der Waals surface area (Å²) in [6.07, 6.45) is -0.0947. The molecule has 1 aromatic heterocycles. The Balaban J connectivity index is 1.46. The van der Waals surface area contributed by atoms with E-state index < -0.39 is 35.6 Å². The average Bonchev–Trinajstić information content (AvgIpc) is 2.88. The molecule has 0 radical (unpaired) electrons. The highest BCUT2D eigenvalue weighted by molar-refractivity contribution is 6.03. The number of carbonyl (C=O) groups excluding carboxylic acids is 2.